The van der Waals surface area contributed by atoms with Gasteiger partial charge in [-0.1, -0.05) is 11.6 Å². The number of pyridine rings is 1. The molecule has 0 aliphatic carbocycles. The SMILES string of the molecule is O=C(O)C1CCN(C(=O)Nc2cccnc2-c2ccc(Cl)s2)CC1. The van der Waals surface area contributed by atoms with Gasteiger partial charge in [0.1, 0.15) is 5.69 Å². The van der Waals surface area contributed by atoms with Gasteiger partial charge < -0.3 is 15.3 Å². The molecule has 0 spiro atoms. The molecular formula is C16H16ClN3O3S. The highest BCUT2D eigenvalue weighted by atomic mass is 35.5. The quantitative estimate of drug-likeness (QED) is 0.866. The maximum atomic E-state index is 12.4. The molecule has 1 aliphatic heterocycles. The van der Waals surface area contributed by atoms with Crippen molar-refractivity contribution in [3.63, 3.8) is 0 Å². The Bertz CT molecular complexity index is 757. The van der Waals surface area contributed by atoms with Crippen molar-refractivity contribution >= 4 is 40.6 Å². The molecular weight excluding hydrogens is 350 g/mol. The van der Waals surface area contributed by atoms with Gasteiger partial charge in [0.15, 0.2) is 0 Å². The van der Waals surface area contributed by atoms with Gasteiger partial charge in [-0.15, -0.1) is 11.3 Å². The minimum absolute atomic E-state index is 0.240. The van der Waals surface area contributed by atoms with Crippen LogP contribution >= 0.6 is 22.9 Å². The van der Waals surface area contributed by atoms with Crippen LogP contribution in [0.4, 0.5) is 10.5 Å². The highest BCUT2D eigenvalue weighted by Crippen LogP contribution is 2.34. The lowest BCUT2D eigenvalue weighted by molar-refractivity contribution is -0.143. The van der Waals surface area contributed by atoms with Gasteiger partial charge in [-0.25, -0.2) is 4.79 Å². The zero-order chi connectivity index (χ0) is 17.1. The van der Waals surface area contributed by atoms with Gasteiger partial charge in [-0.05, 0) is 37.1 Å². The van der Waals surface area contributed by atoms with Crippen LogP contribution in [-0.4, -0.2) is 40.1 Å². The summed E-state index contributed by atoms with van der Waals surface area (Å²) in [5.74, 6) is -1.16. The van der Waals surface area contributed by atoms with E-state index in [1.807, 2.05) is 6.07 Å². The summed E-state index contributed by atoms with van der Waals surface area (Å²) in [7, 11) is 0. The van der Waals surface area contributed by atoms with Crippen LogP contribution in [0.15, 0.2) is 30.5 Å². The molecule has 2 aromatic heterocycles. The van der Waals surface area contributed by atoms with Crippen molar-refractivity contribution in [2.24, 2.45) is 5.92 Å². The number of anilines is 1. The minimum atomic E-state index is -0.792. The number of nitrogens with zero attached hydrogens (tertiary/aromatic N) is 2. The van der Waals surface area contributed by atoms with Gasteiger partial charge >= 0.3 is 12.0 Å². The number of aliphatic carboxylic acids is 1. The number of hydrogen-bond acceptors (Lipinski definition) is 4. The number of piperidine rings is 1. The standard InChI is InChI=1S/C16H16ClN3O3S/c17-13-4-3-12(24-13)14-11(2-1-7-18-14)19-16(23)20-8-5-10(6-9-20)15(21)22/h1-4,7,10H,5-6,8-9H2,(H,19,23)(H,21,22). The lowest BCUT2D eigenvalue weighted by Crippen LogP contribution is -2.42. The molecule has 1 saturated heterocycles. The molecule has 2 amide bonds. The Labute approximate surface area is 148 Å². The van der Waals surface area contributed by atoms with E-state index in [0.717, 1.165) is 4.88 Å². The Morgan fingerprint density at radius 2 is 2.04 bits per heavy atom. The second kappa shape index (κ2) is 7.19. The highest BCUT2D eigenvalue weighted by Gasteiger charge is 2.27. The first-order valence-electron chi connectivity index (χ1n) is 7.54. The summed E-state index contributed by atoms with van der Waals surface area (Å²) in [5, 5.41) is 11.9. The van der Waals surface area contributed by atoms with E-state index in [-0.39, 0.29) is 11.9 Å². The van der Waals surface area contributed by atoms with E-state index >= 15 is 0 Å². The molecule has 0 saturated carbocycles. The molecule has 2 aromatic rings. The van der Waals surface area contributed by atoms with E-state index in [1.54, 1.807) is 29.3 Å². The predicted octanol–water partition coefficient (Wildman–Crippen LogP) is 3.79. The molecule has 3 rings (SSSR count). The molecule has 24 heavy (non-hydrogen) atoms. The topological polar surface area (TPSA) is 82.5 Å². The van der Waals surface area contributed by atoms with Crippen molar-refractivity contribution in [3.05, 3.63) is 34.8 Å². The molecule has 8 heteroatoms. The highest BCUT2D eigenvalue weighted by molar-refractivity contribution is 7.19. The zero-order valence-electron chi connectivity index (χ0n) is 12.7. The second-order valence-electron chi connectivity index (χ2n) is 5.53. The van der Waals surface area contributed by atoms with Crippen molar-refractivity contribution in [1.82, 2.24) is 9.88 Å². The average molecular weight is 366 g/mol. The lowest BCUT2D eigenvalue weighted by atomic mass is 9.97. The molecule has 0 atom stereocenters. The predicted molar refractivity (Wildman–Crippen MR) is 93.5 cm³/mol. The maximum absolute atomic E-state index is 12.4. The number of likely N-dealkylation sites (tertiary alicyclic amines) is 1. The number of carboxylic acids is 1. The second-order valence-corrected chi connectivity index (χ2v) is 7.25. The summed E-state index contributed by atoms with van der Waals surface area (Å²) in [5.41, 5.74) is 1.28. The first-order valence-corrected chi connectivity index (χ1v) is 8.73. The Kier molecular flexibility index (Phi) is 5.01. The molecule has 0 bridgehead atoms. The fraction of sp³-hybridized carbons (Fsp3) is 0.312. The lowest BCUT2D eigenvalue weighted by Gasteiger charge is -2.30. The van der Waals surface area contributed by atoms with E-state index in [0.29, 0.717) is 41.6 Å². The van der Waals surface area contributed by atoms with Crippen molar-refractivity contribution in [3.8, 4) is 10.6 Å². The van der Waals surface area contributed by atoms with Crippen LogP contribution < -0.4 is 5.32 Å². The number of aromatic nitrogens is 1. The van der Waals surface area contributed by atoms with Crippen LogP contribution in [0.2, 0.25) is 4.34 Å². The smallest absolute Gasteiger partial charge is 0.321 e. The first-order chi connectivity index (χ1) is 11.5. The number of nitrogens with one attached hydrogen (secondary N) is 1. The number of rotatable bonds is 3. The number of amides is 2. The van der Waals surface area contributed by atoms with Gasteiger partial charge in [-0.3, -0.25) is 9.78 Å². The molecule has 3 heterocycles. The molecule has 0 aromatic carbocycles. The van der Waals surface area contributed by atoms with E-state index in [9.17, 15) is 9.59 Å². The van der Waals surface area contributed by atoms with Gasteiger partial charge in [-0.2, -0.15) is 0 Å². The Morgan fingerprint density at radius 3 is 2.67 bits per heavy atom. The molecule has 6 nitrogen and oxygen atoms in total. The molecule has 0 radical (unpaired) electrons. The number of halogens is 1. The molecule has 1 aliphatic rings. The van der Waals surface area contributed by atoms with Crippen molar-refractivity contribution in [1.29, 1.82) is 0 Å². The number of thiophene rings is 1. The summed E-state index contributed by atoms with van der Waals surface area (Å²) < 4.78 is 0.656. The zero-order valence-corrected chi connectivity index (χ0v) is 14.3. The van der Waals surface area contributed by atoms with Gasteiger partial charge in [0.05, 0.1) is 20.8 Å². The largest absolute Gasteiger partial charge is 0.481 e. The third-order valence-electron chi connectivity index (χ3n) is 3.99. The van der Waals surface area contributed by atoms with Crippen LogP contribution in [-0.2, 0) is 4.79 Å². The maximum Gasteiger partial charge on any atom is 0.321 e. The minimum Gasteiger partial charge on any atom is -0.481 e. The van der Waals surface area contributed by atoms with Crippen LogP contribution in [0.25, 0.3) is 10.6 Å². The summed E-state index contributed by atoms with van der Waals surface area (Å²) >= 11 is 7.37. The Balaban J connectivity index is 1.70. The normalized spacial score (nSPS) is 15.3. The third-order valence-corrected chi connectivity index (χ3v) is 5.23. The van der Waals surface area contributed by atoms with Crippen LogP contribution in [0.5, 0.6) is 0 Å². The van der Waals surface area contributed by atoms with Crippen molar-refractivity contribution in [2.45, 2.75) is 12.8 Å². The van der Waals surface area contributed by atoms with Crippen LogP contribution in [0.1, 0.15) is 12.8 Å². The van der Waals surface area contributed by atoms with E-state index in [1.165, 1.54) is 11.3 Å². The number of carbonyl (C=O) groups is 2. The number of carbonyl (C=O) groups excluding carboxylic acids is 1. The Hall–Kier alpha value is -2.12. The summed E-state index contributed by atoms with van der Waals surface area (Å²) in [4.78, 5) is 30.3. The average Bonchev–Trinajstić information content (AvgIpc) is 3.01. The van der Waals surface area contributed by atoms with Crippen molar-refractivity contribution < 1.29 is 14.7 Å². The summed E-state index contributed by atoms with van der Waals surface area (Å²) in [6, 6.07) is 6.96. The first kappa shape index (κ1) is 16.7. The van der Waals surface area contributed by atoms with E-state index in [4.69, 9.17) is 16.7 Å². The van der Waals surface area contributed by atoms with Gasteiger partial charge in [0.25, 0.3) is 0 Å². The number of hydrogen-bond donors (Lipinski definition) is 2. The number of urea groups is 1. The summed E-state index contributed by atoms with van der Waals surface area (Å²) in [6.07, 6.45) is 2.61. The number of carboxylic acid groups (broad SMARTS) is 1. The molecule has 2 N–H and O–H groups in total. The summed E-state index contributed by atoms with van der Waals surface area (Å²) in [6.45, 7) is 0.868. The monoisotopic (exact) mass is 365 g/mol. The molecule has 126 valence electrons. The molecule has 1 fully saturated rings. The fourth-order valence-corrected chi connectivity index (χ4v) is 3.72. The van der Waals surface area contributed by atoms with E-state index in [2.05, 4.69) is 10.3 Å². The van der Waals surface area contributed by atoms with Crippen molar-refractivity contribution in [2.75, 3.05) is 18.4 Å². The van der Waals surface area contributed by atoms with E-state index < -0.39 is 5.97 Å². The van der Waals surface area contributed by atoms with Gasteiger partial charge in [0, 0.05) is 19.3 Å². The third kappa shape index (κ3) is 3.68. The molecule has 0 unspecified atom stereocenters. The fourth-order valence-electron chi connectivity index (χ4n) is 2.67. The van der Waals surface area contributed by atoms with Crippen LogP contribution in [0, 0.1) is 5.92 Å². The van der Waals surface area contributed by atoms with Crippen LogP contribution in [0.3, 0.4) is 0 Å². The van der Waals surface area contributed by atoms with Gasteiger partial charge in [0.2, 0.25) is 0 Å². The Morgan fingerprint density at radius 1 is 1.29 bits per heavy atom.